The third-order valence-electron chi connectivity index (χ3n) is 1.42. The maximum absolute atomic E-state index is 10.4. The number of Topliss-reactive ketones (excluding diaryl/α,β-unsaturated/α-hetero) is 1. The number of rotatable bonds is 4. The van der Waals surface area contributed by atoms with Crippen molar-refractivity contribution >= 4 is 5.78 Å². The van der Waals surface area contributed by atoms with Gasteiger partial charge in [-0.15, -0.1) is 0 Å². The van der Waals surface area contributed by atoms with E-state index in [2.05, 4.69) is 6.92 Å². The normalized spacial score (nSPS) is 9.67. The van der Waals surface area contributed by atoms with Gasteiger partial charge in [0, 0.05) is 45.1 Å². The van der Waals surface area contributed by atoms with Crippen LogP contribution in [0.5, 0.6) is 0 Å². The minimum absolute atomic E-state index is 0. The second kappa shape index (κ2) is 12.6. The Morgan fingerprint density at radius 3 is 1.93 bits per heavy atom. The van der Waals surface area contributed by atoms with Gasteiger partial charge in [0.1, 0.15) is 0 Å². The van der Waals surface area contributed by atoms with Crippen LogP contribution in [0.25, 0.3) is 0 Å². The van der Waals surface area contributed by atoms with Gasteiger partial charge in [0.05, 0.1) is 13.2 Å². The summed E-state index contributed by atoms with van der Waals surface area (Å²) in [5.74, 6) is -0.00694. The molecule has 0 aromatic rings. The van der Waals surface area contributed by atoms with Crippen LogP contribution in [0.4, 0.5) is 0 Å². The van der Waals surface area contributed by atoms with Gasteiger partial charge < -0.3 is 21.6 Å². The van der Waals surface area contributed by atoms with Crippen LogP contribution in [0, 0.1) is 12.3 Å². The minimum atomic E-state index is -0.250. The number of carbonyl (C=O) groups excluding carboxylic acids is 1. The molecule has 0 amide bonds. The summed E-state index contributed by atoms with van der Waals surface area (Å²) in [4.78, 5) is 10.4. The first-order valence-corrected chi connectivity index (χ1v) is 4.91. The van der Waals surface area contributed by atoms with Gasteiger partial charge in [-0.1, -0.05) is 27.7 Å². The van der Waals surface area contributed by atoms with E-state index in [9.17, 15) is 4.79 Å². The molecule has 0 aromatic carbocycles. The second-order valence-electron chi connectivity index (χ2n) is 4.01. The Balaban J connectivity index is -0.000000180. The van der Waals surface area contributed by atoms with Crippen molar-refractivity contribution in [3.8, 4) is 0 Å². The fraction of sp³-hybridized carbons (Fsp3) is 0.818. The molecular formula is C11H23O3Y-. The van der Waals surface area contributed by atoms with Gasteiger partial charge in [-0.2, -0.15) is 0 Å². The predicted octanol–water partition coefficient (Wildman–Crippen LogP) is 1.84. The molecule has 0 heterocycles. The number of carbonyl (C=O) groups is 1. The van der Waals surface area contributed by atoms with Gasteiger partial charge in [-0.05, 0) is 11.8 Å². The monoisotopic (exact) mass is 292 g/mol. The molecule has 0 saturated heterocycles. The third kappa shape index (κ3) is 20.6. The number of hydrogen-bond donors (Lipinski definition) is 1. The smallest absolute Gasteiger partial charge is 0.0697 e. The summed E-state index contributed by atoms with van der Waals surface area (Å²) < 4.78 is 4.88. The first-order chi connectivity index (χ1) is 6.36. The van der Waals surface area contributed by atoms with E-state index in [0.717, 1.165) is 13.0 Å². The molecular weight excluding hydrogens is 269 g/mol. The van der Waals surface area contributed by atoms with Crippen LogP contribution < -0.4 is 0 Å². The standard InChI is InChI=1S/C6H11O.C5H12O2.Y/c1-5(7)6(2,3)4;1-2-4-7-5-3-6;/h1H2,2-4H3;6H,2-5H2,1H3;/q-1;;. The Morgan fingerprint density at radius 2 is 1.73 bits per heavy atom. The van der Waals surface area contributed by atoms with Crippen LogP contribution in [-0.2, 0) is 42.2 Å². The van der Waals surface area contributed by atoms with Gasteiger partial charge in [-0.25, -0.2) is 0 Å². The molecule has 0 rings (SSSR count). The summed E-state index contributed by atoms with van der Waals surface area (Å²) >= 11 is 0. The Labute approximate surface area is 119 Å². The number of hydrogen-bond acceptors (Lipinski definition) is 3. The van der Waals surface area contributed by atoms with E-state index in [0.29, 0.717) is 6.61 Å². The van der Waals surface area contributed by atoms with Gasteiger partial charge in [0.25, 0.3) is 0 Å². The molecule has 3 nitrogen and oxygen atoms in total. The Hall–Kier alpha value is 0.564. The van der Waals surface area contributed by atoms with Crippen molar-refractivity contribution in [3.63, 3.8) is 0 Å². The molecule has 0 spiro atoms. The average molecular weight is 292 g/mol. The summed E-state index contributed by atoms with van der Waals surface area (Å²) in [6.45, 7) is 12.2. The summed E-state index contributed by atoms with van der Waals surface area (Å²) in [7, 11) is 0. The van der Waals surface area contributed by atoms with Crippen molar-refractivity contribution in [1.82, 2.24) is 0 Å². The fourth-order valence-electron chi connectivity index (χ4n) is 0.311. The van der Waals surface area contributed by atoms with E-state index < -0.39 is 0 Å². The second-order valence-corrected chi connectivity index (χ2v) is 4.01. The van der Waals surface area contributed by atoms with Crippen molar-refractivity contribution in [3.05, 3.63) is 6.92 Å². The Morgan fingerprint density at radius 1 is 1.33 bits per heavy atom. The molecule has 0 aromatic heterocycles. The summed E-state index contributed by atoms with van der Waals surface area (Å²) in [5, 5.41) is 8.17. The number of aliphatic hydroxyl groups excluding tert-OH is 1. The molecule has 0 aliphatic heterocycles. The van der Waals surface area contributed by atoms with Gasteiger partial charge >= 0.3 is 0 Å². The van der Waals surface area contributed by atoms with Gasteiger partial charge in [0.15, 0.2) is 0 Å². The van der Waals surface area contributed by atoms with Crippen molar-refractivity contribution in [2.24, 2.45) is 5.41 Å². The largest absolute Gasteiger partial charge is 0.394 e. The maximum atomic E-state index is 10.4. The molecule has 1 N–H and O–H groups in total. The zero-order chi connectivity index (χ0) is 11.6. The molecule has 0 fully saturated rings. The van der Waals surface area contributed by atoms with E-state index in [1.165, 1.54) is 0 Å². The number of ketones is 1. The Kier molecular flexibility index (Phi) is 17.6. The first-order valence-electron chi connectivity index (χ1n) is 4.91. The zero-order valence-electron chi connectivity index (χ0n) is 10.4. The Bertz CT molecular complexity index is 137. The van der Waals surface area contributed by atoms with E-state index in [-0.39, 0.29) is 50.5 Å². The van der Waals surface area contributed by atoms with E-state index in [1.807, 2.05) is 27.7 Å². The van der Waals surface area contributed by atoms with E-state index in [1.54, 1.807) is 0 Å². The number of ether oxygens (including phenoxy) is 1. The molecule has 0 aliphatic carbocycles. The van der Waals surface area contributed by atoms with Crippen LogP contribution in [0.3, 0.4) is 0 Å². The molecule has 0 bridgehead atoms. The van der Waals surface area contributed by atoms with Crippen LogP contribution >= 0.6 is 0 Å². The third-order valence-corrected chi connectivity index (χ3v) is 1.42. The summed E-state index contributed by atoms with van der Waals surface area (Å²) in [5.41, 5.74) is -0.250. The van der Waals surface area contributed by atoms with Crippen LogP contribution in [-0.4, -0.2) is 30.7 Å². The molecule has 0 saturated carbocycles. The fourth-order valence-corrected chi connectivity index (χ4v) is 0.311. The first kappa shape index (κ1) is 20.9. The maximum Gasteiger partial charge on any atom is 0.0697 e. The quantitative estimate of drug-likeness (QED) is 0.635. The minimum Gasteiger partial charge on any atom is -0.394 e. The van der Waals surface area contributed by atoms with Gasteiger partial charge in [0.2, 0.25) is 0 Å². The molecule has 89 valence electrons. The molecule has 4 heteroatoms. The topological polar surface area (TPSA) is 46.5 Å². The molecule has 0 unspecified atom stereocenters. The van der Waals surface area contributed by atoms with Crippen LogP contribution in [0.15, 0.2) is 0 Å². The molecule has 0 aliphatic rings. The van der Waals surface area contributed by atoms with Crippen LogP contribution in [0.2, 0.25) is 0 Å². The van der Waals surface area contributed by atoms with E-state index >= 15 is 0 Å². The van der Waals surface area contributed by atoms with Crippen LogP contribution in [0.1, 0.15) is 34.1 Å². The van der Waals surface area contributed by atoms with Crippen molar-refractivity contribution in [1.29, 1.82) is 0 Å². The van der Waals surface area contributed by atoms with Crippen molar-refractivity contribution < 1.29 is 47.3 Å². The summed E-state index contributed by atoms with van der Waals surface area (Å²) in [6.07, 6.45) is 1.03. The molecule has 15 heavy (non-hydrogen) atoms. The summed E-state index contributed by atoms with van der Waals surface area (Å²) in [6, 6.07) is 0. The number of aliphatic hydroxyl groups is 1. The van der Waals surface area contributed by atoms with Crippen molar-refractivity contribution in [2.75, 3.05) is 19.8 Å². The van der Waals surface area contributed by atoms with Gasteiger partial charge in [-0.3, -0.25) is 0 Å². The SMILES string of the molecule is CCCOCCO.[CH2-]C(=O)C(C)(C)C.[Y]. The van der Waals surface area contributed by atoms with E-state index in [4.69, 9.17) is 9.84 Å². The van der Waals surface area contributed by atoms with Crippen molar-refractivity contribution in [2.45, 2.75) is 34.1 Å². The zero-order valence-corrected chi connectivity index (χ0v) is 13.2. The molecule has 0 atom stereocenters. The molecule has 1 radical (unpaired) electrons. The predicted molar refractivity (Wildman–Crippen MR) is 58.0 cm³/mol. The average Bonchev–Trinajstić information content (AvgIpc) is 2.05.